The normalized spacial score (nSPS) is 16.5. The summed E-state index contributed by atoms with van der Waals surface area (Å²) in [4.78, 5) is 27.8. The van der Waals surface area contributed by atoms with Crippen LogP contribution >= 0.6 is 23.2 Å². The van der Waals surface area contributed by atoms with Gasteiger partial charge in [-0.05, 0) is 24.1 Å². The molecule has 1 aromatic carbocycles. The first-order chi connectivity index (χ1) is 14.5. The van der Waals surface area contributed by atoms with Gasteiger partial charge >= 0.3 is 0 Å². The van der Waals surface area contributed by atoms with E-state index in [-0.39, 0.29) is 58.6 Å². The van der Waals surface area contributed by atoms with Gasteiger partial charge in [0.25, 0.3) is 5.91 Å². The zero-order valence-electron chi connectivity index (χ0n) is 17.2. The first-order valence-electron chi connectivity index (χ1n) is 9.60. The third kappa shape index (κ3) is 6.56. The highest BCUT2D eigenvalue weighted by Gasteiger charge is 2.32. The molecular formula is C19H26Cl2N4O5S. The molecule has 0 aromatic heterocycles. The highest BCUT2D eigenvalue weighted by atomic mass is 35.5. The summed E-state index contributed by atoms with van der Waals surface area (Å²) in [5, 5.41) is 9.78. The van der Waals surface area contributed by atoms with Gasteiger partial charge in [-0.1, -0.05) is 43.1 Å². The maximum Gasteiger partial charge on any atom is 0.269 e. The number of benzene rings is 1. The molecule has 0 saturated carbocycles. The van der Waals surface area contributed by atoms with E-state index in [1.807, 2.05) is 13.8 Å². The number of hydrogen-bond donors (Lipinski definition) is 3. The van der Waals surface area contributed by atoms with E-state index in [4.69, 9.17) is 28.9 Å². The Morgan fingerprint density at radius 2 is 1.77 bits per heavy atom. The van der Waals surface area contributed by atoms with Gasteiger partial charge in [0.2, 0.25) is 15.9 Å². The van der Waals surface area contributed by atoms with Crippen LogP contribution in [0.2, 0.25) is 10.0 Å². The lowest BCUT2D eigenvalue weighted by Crippen LogP contribution is -2.57. The summed E-state index contributed by atoms with van der Waals surface area (Å²) in [6.07, 6.45) is 1.67. The fourth-order valence-corrected chi connectivity index (χ4v) is 5.03. The van der Waals surface area contributed by atoms with Gasteiger partial charge in [-0.25, -0.2) is 8.42 Å². The number of allylic oxidation sites excluding steroid dienone is 1. The average Bonchev–Trinajstić information content (AvgIpc) is 2.70. The monoisotopic (exact) mass is 492 g/mol. The summed E-state index contributed by atoms with van der Waals surface area (Å²) < 4.78 is 27.4. The largest absolute Gasteiger partial charge is 0.395 e. The van der Waals surface area contributed by atoms with Crippen molar-refractivity contribution in [3.8, 4) is 0 Å². The van der Waals surface area contributed by atoms with Crippen LogP contribution in [0, 0.1) is 5.92 Å². The molecule has 4 N–H and O–H groups in total. The number of halogens is 2. The highest BCUT2D eigenvalue weighted by molar-refractivity contribution is 7.89. The van der Waals surface area contributed by atoms with E-state index in [2.05, 4.69) is 4.72 Å². The lowest BCUT2D eigenvalue weighted by molar-refractivity contribution is -0.139. The number of nitrogens with one attached hydrogen (secondary N) is 1. The number of sulfonamides is 1. The number of carbonyl (C=O) groups excluding carboxylic acids is 2. The maximum absolute atomic E-state index is 12.8. The van der Waals surface area contributed by atoms with E-state index in [1.165, 1.54) is 28.0 Å². The number of nitrogens with zero attached hydrogens (tertiary/aromatic N) is 2. The van der Waals surface area contributed by atoms with E-state index < -0.39 is 28.6 Å². The summed E-state index contributed by atoms with van der Waals surface area (Å²) >= 11 is 11.7. The highest BCUT2D eigenvalue weighted by Crippen LogP contribution is 2.25. The number of rotatable bonds is 7. The molecule has 0 bridgehead atoms. The van der Waals surface area contributed by atoms with Crippen LogP contribution in [0.3, 0.4) is 0 Å². The Labute approximate surface area is 191 Å². The second-order valence-corrected chi connectivity index (χ2v) is 9.94. The third-order valence-corrected chi connectivity index (χ3v) is 6.79. The van der Waals surface area contributed by atoms with E-state index in [0.717, 1.165) is 0 Å². The summed E-state index contributed by atoms with van der Waals surface area (Å²) in [6, 6.07) is 2.44. The van der Waals surface area contributed by atoms with Crippen molar-refractivity contribution in [2.75, 3.05) is 32.8 Å². The molecule has 1 aromatic rings. The maximum atomic E-state index is 12.8. The van der Waals surface area contributed by atoms with Gasteiger partial charge in [-0.15, -0.1) is 0 Å². The van der Waals surface area contributed by atoms with Gasteiger partial charge in [0.15, 0.2) is 0 Å². The van der Waals surface area contributed by atoms with Crippen LogP contribution in [0.15, 0.2) is 34.9 Å². The van der Waals surface area contributed by atoms with E-state index in [0.29, 0.717) is 0 Å². The molecule has 1 heterocycles. The molecule has 172 valence electrons. The Hall–Kier alpha value is -1.85. The number of aliphatic hydroxyl groups excluding tert-OH is 1. The van der Waals surface area contributed by atoms with Crippen molar-refractivity contribution in [2.24, 2.45) is 11.7 Å². The van der Waals surface area contributed by atoms with Gasteiger partial charge < -0.3 is 20.6 Å². The summed E-state index contributed by atoms with van der Waals surface area (Å²) in [5.74, 6) is -0.786. The van der Waals surface area contributed by atoms with E-state index in [9.17, 15) is 23.1 Å². The van der Waals surface area contributed by atoms with Crippen LogP contribution in [-0.4, -0.2) is 74.0 Å². The molecule has 1 aliphatic heterocycles. The van der Waals surface area contributed by atoms with Crippen molar-refractivity contribution in [1.29, 1.82) is 0 Å². The molecule has 12 heteroatoms. The Kier molecular flexibility index (Phi) is 8.73. The Balaban J connectivity index is 2.04. The minimum Gasteiger partial charge on any atom is -0.395 e. The van der Waals surface area contributed by atoms with Crippen LogP contribution in [0.5, 0.6) is 0 Å². The molecule has 0 spiro atoms. The molecule has 1 atom stereocenters. The number of amides is 2. The minimum atomic E-state index is -4.19. The quantitative estimate of drug-likeness (QED) is 0.482. The molecule has 0 radical (unpaired) electrons. The summed E-state index contributed by atoms with van der Waals surface area (Å²) in [5.41, 5.74) is 5.97. The van der Waals surface area contributed by atoms with Gasteiger partial charge in [0.05, 0.1) is 17.3 Å². The van der Waals surface area contributed by atoms with Crippen molar-refractivity contribution >= 4 is 45.0 Å². The summed E-state index contributed by atoms with van der Waals surface area (Å²) in [7, 11) is -4.19. The van der Waals surface area contributed by atoms with Gasteiger partial charge in [0, 0.05) is 31.2 Å². The molecule has 1 aliphatic rings. The van der Waals surface area contributed by atoms with Crippen LogP contribution in [0.4, 0.5) is 0 Å². The average molecular weight is 493 g/mol. The molecule has 2 rings (SSSR count). The lowest BCUT2D eigenvalue weighted by Gasteiger charge is -2.36. The minimum absolute atomic E-state index is 0.108. The van der Waals surface area contributed by atoms with Crippen molar-refractivity contribution in [3.63, 3.8) is 0 Å². The Morgan fingerprint density at radius 3 is 2.29 bits per heavy atom. The standard InChI is InChI=1S/C19H26Cl2N4O5S/c1-12(2)9-15(22)18(27)24-5-7-25(8-6-24)19(28)16(11-26)23-31(29,30)17-4-3-13(20)10-14(17)21/h3-4,9-10,12,16,23,26H,5-8,11,22H2,1-2H3/b15-9+/t16-/m0/s1. The van der Waals surface area contributed by atoms with Crippen LogP contribution in [-0.2, 0) is 19.6 Å². The number of carbonyl (C=O) groups is 2. The summed E-state index contributed by atoms with van der Waals surface area (Å²) in [6.45, 7) is 3.91. The predicted molar refractivity (Wildman–Crippen MR) is 118 cm³/mol. The van der Waals surface area contributed by atoms with Crippen LogP contribution in [0.1, 0.15) is 13.8 Å². The van der Waals surface area contributed by atoms with Crippen LogP contribution < -0.4 is 10.5 Å². The molecule has 9 nitrogen and oxygen atoms in total. The Morgan fingerprint density at radius 1 is 1.19 bits per heavy atom. The molecular weight excluding hydrogens is 467 g/mol. The smallest absolute Gasteiger partial charge is 0.269 e. The van der Waals surface area contributed by atoms with Crippen molar-refractivity contribution in [2.45, 2.75) is 24.8 Å². The molecule has 1 fully saturated rings. The number of nitrogens with two attached hydrogens (primary N) is 1. The SMILES string of the molecule is CC(C)/C=C(/N)C(=O)N1CCN(C(=O)[C@H](CO)NS(=O)(=O)c2ccc(Cl)cc2Cl)CC1. The van der Waals surface area contributed by atoms with E-state index in [1.54, 1.807) is 6.08 Å². The zero-order valence-corrected chi connectivity index (χ0v) is 19.5. The van der Waals surface area contributed by atoms with Crippen molar-refractivity contribution in [3.05, 3.63) is 40.0 Å². The topological polar surface area (TPSA) is 133 Å². The fraction of sp³-hybridized carbons (Fsp3) is 0.474. The van der Waals surface area contributed by atoms with Gasteiger partial charge in [0.1, 0.15) is 10.9 Å². The molecule has 0 unspecified atom stereocenters. The molecule has 2 amide bonds. The van der Waals surface area contributed by atoms with Gasteiger partial charge in [-0.3, -0.25) is 9.59 Å². The Bertz CT molecular complexity index is 960. The third-order valence-electron chi connectivity index (χ3n) is 4.60. The van der Waals surface area contributed by atoms with Crippen molar-refractivity contribution in [1.82, 2.24) is 14.5 Å². The van der Waals surface area contributed by atoms with Crippen LogP contribution in [0.25, 0.3) is 0 Å². The second kappa shape index (κ2) is 10.6. The first-order valence-corrected chi connectivity index (χ1v) is 11.8. The number of hydrogen-bond acceptors (Lipinski definition) is 6. The fourth-order valence-electron chi connectivity index (χ4n) is 3.07. The lowest BCUT2D eigenvalue weighted by atomic mass is 10.1. The van der Waals surface area contributed by atoms with Gasteiger partial charge in [-0.2, -0.15) is 4.72 Å². The molecule has 0 aliphatic carbocycles. The predicted octanol–water partition coefficient (Wildman–Crippen LogP) is 0.802. The molecule has 1 saturated heterocycles. The molecule has 31 heavy (non-hydrogen) atoms. The first kappa shape index (κ1) is 25.4. The van der Waals surface area contributed by atoms with E-state index >= 15 is 0 Å². The number of piperazine rings is 1. The zero-order chi connectivity index (χ0) is 23.3. The second-order valence-electron chi connectivity index (χ2n) is 7.41. The number of aliphatic hydroxyl groups is 1. The van der Waals surface area contributed by atoms with Crippen molar-refractivity contribution < 1.29 is 23.1 Å².